The van der Waals surface area contributed by atoms with Gasteiger partial charge in [-0.05, 0) is 47.2 Å². The van der Waals surface area contributed by atoms with Gasteiger partial charge in [0.25, 0.3) is 17.1 Å². The number of rotatable bonds is 7. The first kappa shape index (κ1) is 24.5. The highest BCUT2D eigenvalue weighted by Crippen LogP contribution is 2.34. The number of piperazine rings is 1. The van der Waals surface area contributed by atoms with Gasteiger partial charge in [-0.15, -0.1) is 0 Å². The van der Waals surface area contributed by atoms with E-state index in [1.54, 1.807) is 55.7 Å². The third-order valence-corrected chi connectivity index (χ3v) is 7.16. The number of methoxy groups -OCH3 is 1. The first-order chi connectivity index (χ1) is 16.5. The third kappa shape index (κ3) is 5.70. The van der Waals surface area contributed by atoms with Crippen LogP contribution in [0.15, 0.2) is 53.4 Å². The number of thioether (sulfide) groups is 1. The second-order valence-electron chi connectivity index (χ2n) is 8.11. The summed E-state index contributed by atoms with van der Waals surface area (Å²) in [4.78, 5) is 43.8. The summed E-state index contributed by atoms with van der Waals surface area (Å²) in [6.45, 7) is 4.72. The summed E-state index contributed by atoms with van der Waals surface area (Å²) < 4.78 is 5.12. The van der Waals surface area contributed by atoms with Crippen molar-refractivity contribution in [3.63, 3.8) is 0 Å². The number of carbonyl (C=O) groups excluding carboxylic acids is 3. The van der Waals surface area contributed by atoms with Crippen LogP contribution in [0.5, 0.6) is 0 Å². The van der Waals surface area contributed by atoms with Gasteiger partial charge in [0.2, 0.25) is 0 Å². The second kappa shape index (κ2) is 11.2. The van der Waals surface area contributed by atoms with E-state index in [1.165, 1.54) is 4.90 Å². The first-order valence-corrected chi connectivity index (χ1v) is 12.2. The number of nitrogens with zero attached hydrogens (tertiary/aromatic N) is 3. The summed E-state index contributed by atoms with van der Waals surface area (Å²) in [7, 11) is 1.69. The minimum atomic E-state index is -0.346. The van der Waals surface area contributed by atoms with E-state index in [0.29, 0.717) is 35.2 Å². The molecule has 0 radical (unpaired) electrons. The summed E-state index contributed by atoms with van der Waals surface area (Å²) in [5.41, 5.74) is 2.08. The number of hydrogen-bond donors (Lipinski definition) is 0. The molecule has 2 aromatic carbocycles. The van der Waals surface area contributed by atoms with Gasteiger partial charge in [-0.3, -0.25) is 24.2 Å². The van der Waals surface area contributed by atoms with E-state index in [2.05, 4.69) is 4.90 Å². The molecule has 0 N–H and O–H groups in total. The predicted molar refractivity (Wildman–Crippen MR) is 134 cm³/mol. The van der Waals surface area contributed by atoms with Gasteiger partial charge in [-0.2, -0.15) is 0 Å². The fourth-order valence-electron chi connectivity index (χ4n) is 3.88. The minimum Gasteiger partial charge on any atom is -0.383 e. The molecule has 2 fully saturated rings. The lowest BCUT2D eigenvalue weighted by molar-refractivity contribution is -0.123. The number of benzene rings is 2. The number of ether oxygens (including phenoxy) is 1. The van der Waals surface area contributed by atoms with Crippen molar-refractivity contribution in [1.29, 1.82) is 0 Å². The van der Waals surface area contributed by atoms with Crippen LogP contribution in [-0.2, 0) is 16.1 Å². The molecular formula is C25H26ClN3O4S. The Balaban J connectivity index is 1.38. The molecule has 4 rings (SSSR count). The average molecular weight is 500 g/mol. The van der Waals surface area contributed by atoms with E-state index >= 15 is 0 Å². The van der Waals surface area contributed by atoms with Crippen LogP contribution in [0.3, 0.4) is 0 Å². The van der Waals surface area contributed by atoms with E-state index in [9.17, 15) is 14.4 Å². The maximum Gasteiger partial charge on any atom is 0.293 e. The summed E-state index contributed by atoms with van der Waals surface area (Å²) in [5, 5.41) is 0.190. The third-order valence-electron chi connectivity index (χ3n) is 5.89. The molecule has 0 saturated carbocycles. The number of hydrogen-bond acceptors (Lipinski definition) is 6. The molecule has 3 amide bonds. The fraction of sp³-hybridized carbons (Fsp3) is 0.320. The van der Waals surface area contributed by atoms with Crippen molar-refractivity contribution < 1.29 is 19.1 Å². The zero-order chi connectivity index (χ0) is 24.1. The van der Waals surface area contributed by atoms with E-state index < -0.39 is 0 Å². The van der Waals surface area contributed by atoms with Crippen LogP contribution in [0.4, 0.5) is 4.79 Å². The molecule has 7 nitrogen and oxygen atoms in total. The van der Waals surface area contributed by atoms with Gasteiger partial charge in [-0.1, -0.05) is 41.9 Å². The maximum atomic E-state index is 12.9. The van der Waals surface area contributed by atoms with Crippen molar-refractivity contribution in [1.82, 2.24) is 14.7 Å². The largest absolute Gasteiger partial charge is 0.383 e. The average Bonchev–Trinajstić information content (AvgIpc) is 3.11. The Hall–Kier alpha value is -2.65. The van der Waals surface area contributed by atoms with Crippen LogP contribution in [0.1, 0.15) is 21.5 Å². The number of halogens is 1. The minimum absolute atomic E-state index is 0.00185. The van der Waals surface area contributed by atoms with Crippen molar-refractivity contribution in [2.24, 2.45) is 0 Å². The molecular weight excluding hydrogens is 474 g/mol. The molecule has 0 aliphatic carbocycles. The predicted octanol–water partition coefficient (Wildman–Crippen LogP) is 3.98. The first-order valence-electron chi connectivity index (χ1n) is 11.1. The summed E-state index contributed by atoms with van der Waals surface area (Å²) in [5.74, 6) is -0.348. The van der Waals surface area contributed by atoms with Crippen molar-refractivity contribution >= 4 is 46.5 Å². The van der Waals surface area contributed by atoms with E-state index in [4.69, 9.17) is 16.3 Å². The van der Waals surface area contributed by atoms with E-state index in [1.807, 2.05) is 11.0 Å². The van der Waals surface area contributed by atoms with Gasteiger partial charge in [0, 0.05) is 50.4 Å². The molecule has 178 valence electrons. The van der Waals surface area contributed by atoms with Crippen LogP contribution >= 0.6 is 23.4 Å². The SMILES string of the molecule is COCCN1CCN(C(=O)c2ccc(/C=C3\SC(=O)N(Cc4ccccc4Cl)C3=O)cc2)CC1. The van der Waals surface area contributed by atoms with Crippen molar-refractivity contribution in [3.05, 3.63) is 75.1 Å². The highest BCUT2D eigenvalue weighted by atomic mass is 35.5. The number of carbonyl (C=O) groups is 3. The Labute approximate surface area is 208 Å². The molecule has 2 saturated heterocycles. The van der Waals surface area contributed by atoms with Gasteiger partial charge in [0.1, 0.15) is 0 Å². The van der Waals surface area contributed by atoms with Gasteiger partial charge in [-0.25, -0.2) is 0 Å². The molecule has 2 aliphatic heterocycles. The van der Waals surface area contributed by atoms with Crippen molar-refractivity contribution in [2.75, 3.05) is 46.4 Å². The number of amides is 3. The van der Waals surface area contributed by atoms with Crippen molar-refractivity contribution in [3.8, 4) is 0 Å². The molecule has 2 aliphatic rings. The Morgan fingerprint density at radius 3 is 2.44 bits per heavy atom. The highest BCUT2D eigenvalue weighted by Gasteiger charge is 2.35. The Bertz CT molecular complexity index is 1100. The molecule has 34 heavy (non-hydrogen) atoms. The Morgan fingerprint density at radius 1 is 1.06 bits per heavy atom. The molecule has 2 heterocycles. The molecule has 0 aromatic heterocycles. The quantitative estimate of drug-likeness (QED) is 0.537. The van der Waals surface area contributed by atoms with Crippen LogP contribution in [0, 0.1) is 0 Å². The molecule has 0 atom stereocenters. The summed E-state index contributed by atoms with van der Waals surface area (Å²) in [6.07, 6.45) is 1.68. The lowest BCUT2D eigenvalue weighted by Crippen LogP contribution is -2.49. The van der Waals surface area contributed by atoms with Gasteiger partial charge < -0.3 is 9.64 Å². The van der Waals surface area contributed by atoms with Crippen LogP contribution in [-0.4, -0.2) is 78.2 Å². The summed E-state index contributed by atoms with van der Waals surface area (Å²) >= 11 is 7.09. The molecule has 0 unspecified atom stereocenters. The smallest absolute Gasteiger partial charge is 0.293 e. The maximum absolute atomic E-state index is 12.9. The van der Waals surface area contributed by atoms with E-state index in [0.717, 1.165) is 42.5 Å². The lowest BCUT2D eigenvalue weighted by atomic mass is 10.1. The standard InChI is InChI=1S/C25H26ClN3O4S/c1-33-15-14-27-10-12-28(13-11-27)23(30)19-8-6-18(7-9-19)16-22-24(31)29(25(32)34-22)17-20-4-2-3-5-21(20)26/h2-9,16H,10-15,17H2,1H3/b22-16-. The Kier molecular flexibility index (Phi) is 8.05. The highest BCUT2D eigenvalue weighted by molar-refractivity contribution is 8.18. The van der Waals surface area contributed by atoms with Crippen LogP contribution < -0.4 is 0 Å². The molecule has 2 aromatic rings. The lowest BCUT2D eigenvalue weighted by Gasteiger charge is -2.34. The van der Waals surface area contributed by atoms with Gasteiger partial charge >= 0.3 is 0 Å². The zero-order valence-electron chi connectivity index (χ0n) is 18.9. The van der Waals surface area contributed by atoms with Crippen LogP contribution in [0.25, 0.3) is 6.08 Å². The Morgan fingerprint density at radius 2 is 1.76 bits per heavy atom. The molecule has 0 spiro atoms. The van der Waals surface area contributed by atoms with Gasteiger partial charge in [0.15, 0.2) is 0 Å². The second-order valence-corrected chi connectivity index (χ2v) is 9.51. The summed E-state index contributed by atoms with van der Waals surface area (Å²) in [6, 6.07) is 14.3. The van der Waals surface area contributed by atoms with Crippen LogP contribution in [0.2, 0.25) is 5.02 Å². The monoisotopic (exact) mass is 499 g/mol. The fourth-order valence-corrected chi connectivity index (χ4v) is 4.92. The van der Waals surface area contributed by atoms with Crippen molar-refractivity contribution in [2.45, 2.75) is 6.54 Å². The zero-order valence-corrected chi connectivity index (χ0v) is 20.5. The van der Waals surface area contributed by atoms with Gasteiger partial charge in [0.05, 0.1) is 18.1 Å². The number of imide groups is 1. The normalized spacial score (nSPS) is 18.2. The van der Waals surface area contributed by atoms with E-state index in [-0.39, 0.29) is 23.6 Å². The topological polar surface area (TPSA) is 70.2 Å². The molecule has 9 heteroatoms. The molecule has 0 bridgehead atoms.